The van der Waals surface area contributed by atoms with Crippen molar-refractivity contribution >= 4 is 11.8 Å². The summed E-state index contributed by atoms with van der Waals surface area (Å²) in [5.74, 6) is -0.459. The van der Waals surface area contributed by atoms with Gasteiger partial charge in [-0.2, -0.15) is 0 Å². The Balaban J connectivity index is 2.06. The number of aryl methyl sites for hydroxylation is 1. The van der Waals surface area contributed by atoms with Crippen LogP contribution in [0.2, 0.25) is 0 Å². The van der Waals surface area contributed by atoms with Crippen LogP contribution in [-0.2, 0) is 14.3 Å². The average molecular weight is 408 g/mol. The summed E-state index contributed by atoms with van der Waals surface area (Å²) in [6.07, 6.45) is -0.567. The topological polar surface area (TPSA) is 67.9 Å². The highest BCUT2D eigenvalue weighted by Gasteiger charge is 2.40. The van der Waals surface area contributed by atoms with Crippen molar-refractivity contribution in [2.75, 3.05) is 20.3 Å². The molecule has 0 aliphatic carbocycles. The third-order valence-electron chi connectivity index (χ3n) is 5.18. The van der Waals surface area contributed by atoms with Gasteiger partial charge in [0.2, 0.25) is 0 Å². The monoisotopic (exact) mass is 408 g/mol. The van der Waals surface area contributed by atoms with Crippen molar-refractivity contribution in [2.45, 2.75) is 33.2 Å². The molecule has 1 N–H and O–H groups in total. The SMILES string of the molecule is CCOC(=O)C1=C(C)NC(OC)N(CC(=O)c2ccccc2)C1c1ccc(C)cc1. The largest absolute Gasteiger partial charge is 0.463 e. The number of ether oxygens (including phenoxy) is 2. The van der Waals surface area contributed by atoms with E-state index in [-0.39, 0.29) is 18.9 Å². The normalized spacial score (nSPS) is 19.3. The van der Waals surface area contributed by atoms with Gasteiger partial charge in [-0.05, 0) is 26.3 Å². The van der Waals surface area contributed by atoms with Crippen LogP contribution in [0.3, 0.4) is 0 Å². The van der Waals surface area contributed by atoms with Gasteiger partial charge in [-0.3, -0.25) is 4.79 Å². The van der Waals surface area contributed by atoms with Gasteiger partial charge in [0.15, 0.2) is 12.1 Å². The molecule has 1 aliphatic rings. The third-order valence-corrected chi connectivity index (χ3v) is 5.18. The van der Waals surface area contributed by atoms with Crippen LogP contribution in [-0.4, -0.2) is 43.3 Å². The summed E-state index contributed by atoms with van der Waals surface area (Å²) in [6, 6.07) is 16.6. The van der Waals surface area contributed by atoms with E-state index in [0.717, 1.165) is 11.1 Å². The minimum atomic E-state index is -0.567. The quantitative estimate of drug-likeness (QED) is 0.558. The number of carbonyl (C=O) groups is 2. The van der Waals surface area contributed by atoms with Gasteiger partial charge < -0.3 is 14.8 Å². The van der Waals surface area contributed by atoms with Crippen molar-refractivity contribution < 1.29 is 19.1 Å². The molecule has 0 amide bonds. The lowest BCUT2D eigenvalue weighted by Gasteiger charge is -2.42. The molecule has 30 heavy (non-hydrogen) atoms. The number of methoxy groups -OCH3 is 1. The van der Waals surface area contributed by atoms with Gasteiger partial charge in [-0.15, -0.1) is 0 Å². The van der Waals surface area contributed by atoms with Crippen molar-refractivity contribution in [3.05, 3.63) is 82.6 Å². The minimum absolute atomic E-state index is 0.0562. The van der Waals surface area contributed by atoms with Crippen LogP contribution >= 0.6 is 0 Å². The number of nitrogens with zero attached hydrogens (tertiary/aromatic N) is 1. The molecule has 2 aromatic carbocycles. The van der Waals surface area contributed by atoms with Gasteiger partial charge in [0.1, 0.15) is 0 Å². The van der Waals surface area contributed by atoms with Gasteiger partial charge >= 0.3 is 5.97 Å². The average Bonchev–Trinajstić information content (AvgIpc) is 2.75. The van der Waals surface area contributed by atoms with Gasteiger partial charge in [0.05, 0.1) is 24.8 Å². The second kappa shape index (κ2) is 9.69. The lowest BCUT2D eigenvalue weighted by molar-refractivity contribution is -0.141. The van der Waals surface area contributed by atoms with Crippen molar-refractivity contribution in [2.24, 2.45) is 0 Å². The fourth-order valence-electron chi connectivity index (χ4n) is 3.68. The molecule has 0 spiro atoms. The highest BCUT2D eigenvalue weighted by molar-refractivity contribution is 5.98. The maximum absolute atomic E-state index is 13.0. The smallest absolute Gasteiger partial charge is 0.337 e. The predicted octanol–water partition coefficient (Wildman–Crippen LogP) is 3.59. The Bertz CT molecular complexity index is 922. The Kier molecular flexibility index (Phi) is 7.03. The Hall–Kier alpha value is -2.96. The zero-order chi connectivity index (χ0) is 21.7. The van der Waals surface area contributed by atoms with Gasteiger partial charge in [-0.1, -0.05) is 60.2 Å². The Labute approximate surface area is 177 Å². The lowest BCUT2D eigenvalue weighted by Crippen LogP contribution is -2.55. The number of nitrogens with one attached hydrogen (secondary N) is 1. The number of benzene rings is 2. The molecule has 0 saturated carbocycles. The summed E-state index contributed by atoms with van der Waals surface area (Å²) in [5, 5.41) is 3.20. The Morgan fingerprint density at radius 2 is 1.70 bits per heavy atom. The van der Waals surface area contributed by atoms with E-state index < -0.39 is 18.4 Å². The summed E-state index contributed by atoms with van der Waals surface area (Å²) in [4.78, 5) is 27.8. The van der Waals surface area contributed by atoms with E-state index in [4.69, 9.17) is 9.47 Å². The highest BCUT2D eigenvalue weighted by atomic mass is 16.5. The zero-order valence-electron chi connectivity index (χ0n) is 17.8. The number of esters is 1. The van der Waals surface area contributed by atoms with Crippen LogP contribution in [0.15, 0.2) is 65.9 Å². The molecule has 0 saturated heterocycles. The molecule has 2 aromatic rings. The number of hydrogen-bond acceptors (Lipinski definition) is 6. The van der Waals surface area contributed by atoms with E-state index >= 15 is 0 Å². The van der Waals surface area contributed by atoms with Crippen LogP contribution in [0.25, 0.3) is 0 Å². The van der Waals surface area contributed by atoms with Crippen LogP contribution in [0.5, 0.6) is 0 Å². The molecule has 2 unspecified atom stereocenters. The first-order valence-electron chi connectivity index (χ1n) is 10.0. The first-order chi connectivity index (χ1) is 14.5. The molecule has 0 fully saturated rings. The molecular weight excluding hydrogens is 380 g/mol. The lowest BCUT2D eigenvalue weighted by atomic mass is 9.92. The van der Waals surface area contributed by atoms with Crippen molar-refractivity contribution in [3.63, 3.8) is 0 Å². The van der Waals surface area contributed by atoms with Gasteiger partial charge in [0.25, 0.3) is 0 Å². The number of ketones is 1. The summed E-state index contributed by atoms with van der Waals surface area (Å²) >= 11 is 0. The molecule has 0 aromatic heterocycles. The predicted molar refractivity (Wildman–Crippen MR) is 115 cm³/mol. The maximum atomic E-state index is 13.0. The summed E-state index contributed by atoms with van der Waals surface area (Å²) in [6.45, 7) is 5.96. The van der Waals surface area contributed by atoms with E-state index in [0.29, 0.717) is 16.8 Å². The Morgan fingerprint density at radius 3 is 2.30 bits per heavy atom. The first-order valence-corrected chi connectivity index (χ1v) is 10.0. The summed E-state index contributed by atoms with van der Waals surface area (Å²) < 4.78 is 11.0. The van der Waals surface area contributed by atoms with E-state index in [9.17, 15) is 9.59 Å². The molecule has 2 atom stereocenters. The molecule has 6 heteroatoms. The molecule has 3 rings (SSSR count). The van der Waals surface area contributed by atoms with Crippen LogP contribution in [0.1, 0.15) is 41.4 Å². The van der Waals surface area contributed by atoms with E-state index in [1.807, 2.05) is 61.2 Å². The number of rotatable bonds is 7. The molecule has 1 aliphatic heterocycles. The highest BCUT2D eigenvalue weighted by Crippen LogP contribution is 2.36. The van der Waals surface area contributed by atoms with E-state index in [1.165, 1.54) is 0 Å². The first kappa shape index (κ1) is 21.7. The fourth-order valence-corrected chi connectivity index (χ4v) is 3.68. The standard InChI is InChI=1S/C24H28N2O4/c1-5-30-23(28)21-17(3)25-24(29-4)26(15-20(27)18-9-7-6-8-10-18)22(21)19-13-11-16(2)12-14-19/h6-14,22,24-25H,5,15H2,1-4H3. The minimum Gasteiger partial charge on any atom is -0.463 e. The van der Waals surface area contributed by atoms with Crippen LogP contribution in [0.4, 0.5) is 0 Å². The van der Waals surface area contributed by atoms with Crippen LogP contribution in [0, 0.1) is 6.92 Å². The van der Waals surface area contributed by atoms with Crippen molar-refractivity contribution in [1.29, 1.82) is 0 Å². The Morgan fingerprint density at radius 1 is 1.03 bits per heavy atom. The molecule has 0 bridgehead atoms. The van der Waals surface area contributed by atoms with Crippen molar-refractivity contribution in [3.8, 4) is 0 Å². The summed E-state index contributed by atoms with van der Waals surface area (Å²) in [7, 11) is 1.58. The molecule has 6 nitrogen and oxygen atoms in total. The van der Waals surface area contributed by atoms with Gasteiger partial charge in [0, 0.05) is 18.4 Å². The van der Waals surface area contributed by atoms with E-state index in [1.54, 1.807) is 26.2 Å². The fraction of sp³-hybridized carbons (Fsp3) is 0.333. The maximum Gasteiger partial charge on any atom is 0.337 e. The van der Waals surface area contributed by atoms with Crippen molar-refractivity contribution in [1.82, 2.24) is 10.2 Å². The molecule has 1 heterocycles. The van der Waals surface area contributed by atoms with Gasteiger partial charge in [-0.25, -0.2) is 9.69 Å². The number of Topliss-reactive ketones (excluding diaryl/α,β-unsaturated/α-hetero) is 1. The number of allylic oxidation sites excluding steroid dienone is 1. The number of carbonyl (C=O) groups excluding carboxylic acids is 2. The zero-order valence-corrected chi connectivity index (χ0v) is 17.8. The second-order valence-electron chi connectivity index (χ2n) is 7.27. The number of hydrogen-bond donors (Lipinski definition) is 1. The third kappa shape index (κ3) is 4.61. The molecule has 158 valence electrons. The summed E-state index contributed by atoms with van der Waals surface area (Å²) in [5.41, 5.74) is 3.77. The molecular formula is C24H28N2O4. The van der Waals surface area contributed by atoms with E-state index in [2.05, 4.69) is 5.32 Å². The van der Waals surface area contributed by atoms with Crippen LogP contribution < -0.4 is 5.32 Å². The second-order valence-corrected chi connectivity index (χ2v) is 7.27. The molecule has 0 radical (unpaired) electrons.